The highest BCUT2D eigenvalue weighted by Gasteiger charge is 2.30. The summed E-state index contributed by atoms with van der Waals surface area (Å²) < 4.78 is 21.4. The zero-order valence-electron chi connectivity index (χ0n) is 13.2. The minimum Gasteiger partial charge on any atom is -0.381 e. The molecule has 1 atom stereocenters. The van der Waals surface area contributed by atoms with E-state index >= 15 is 0 Å². The molecular weight excluding hydrogens is 302 g/mol. The molecule has 1 aliphatic heterocycles. The van der Waals surface area contributed by atoms with Crippen LogP contribution in [0.3, 0.4) is 0 Å². The zero-order valence-corrected chi connectivity index (χ0v) is 14.0. The lowest BCUT2D eigenvalue weighted by molar-refractivity contribution is 0.159. The average Bonchev–Trinajstić information content (AvgIpc) is 2.85. The molecule has 6 nitrogen and oxygen atoms in total. The van der Waals surface area contributed by atoms with E-state index in [1.54, 1.807) is 36.8 Å². The molecule has 2 amide bonds. The Morgan fingerprint density at radius 2 is 2.14 bits per heavy atom. The molecule has 2 N–H and O–H groups in total. The van der Waals surface area contributed by atoms with Crippen molar-refractivity contribution >= 4 is 27.1 Å². The number of para-hydroxylation sites is 1. The number of nitrogens with zero attached hydrogens (tertiary/aromatic N) is 1. The number of rotatable bonds is 4. The van der Waals surface area contributed by atoms with Crippen LogP contribution in [-0.4, -0.2) is 42.5 Å². The monoisotopic (exact) mass is 325 g/mol. The number of benzene rings is 1. The Morgan fingerprint density at radius 1 is 1.41 bits per heavy atom. The van der Waals surface area contributed by atoms with E-state index in [-0.39, 0.29) is 11.4 Å². The maximum absolute atomic E-state index is 12.1. The first-order valence-electron chi connectivity index (χ1n) is 7.16. The van der Waals surface area contributed by atoms with E-state index in [0.29, 0.717) is 24.5 Å². The fourth-order valence-corrected chi connectivity index (χ4v) is 2.84. The first-order chi connectivity index (χ1) is 10.3. The molecule has 1 heterocycles. The Hall–Kier alpha value is -1.60. The lowest BCUT2D eigenvalue weighted by atomic mass is 9.90. The molecule has 0 bridgehead atoms. The quantitative estimate of drug-likeness (QED) is 0.893. The Bertz CT molecular complexity index is 652. The predicted octanol–water partition coefficient (Wildman–Crippen LogP) is 2.59. The van der Waals surface area contributed by atoms with E-state index in [9.17, 15) is 9.00 Å². The maximum Gasteiger partial charge on any atom is 0.319 e. The zero-order chi connectivity index (χ0) is 16.2. The first kappa shape index (κ1) is 16.8. The normalized spacial score (nSPS) is 21.4. The van der Waals surface area contributed by atoms with Gasteiger partial charge in [0.2, 0.25) is 0 Å². The van der Waals surface area contributed by atoms with Crippen molar-refractivity contribution < 1.29 is 13.7 Å². The van der Waals surface area contributed by atoms with E-state index in [4.69, 9.17) is 4.74 Å². The number of hydrogen-bond acceptors (Lipinski definition) is 4. The maximum atomic E-state index is 12.1. The summed E-state index contributed by atoms with van der Waals surface area (Å²) in [5.41, 5.74) is 1.05. The second-order valence-electron chi connectivity index (χ2n) is 6.21. The van der Waals surface area contributed by atoms with Crippen LogP contribution in [0.1, 0.15) is 13.3 Å². The van der Waals surface area contributed by atoms with Gasteiger partial charge in [0.15, 0.2) is 0 Å². The summed E-state index contributed by atoms with van der Waals surface area (Å²) in [7, 11) is -2.28. The van der Waals surface area contributed by atoms with Gasteiger partial charge in [-0.2, -0.15) is 4.36 Å². The Balaban J connectivity index is 2.01. The summed E-state index contributed by atoms with van der Waals surface area (Å²) in [6.45, 7) is 4.04. The molecule has 0 spiro atoms. The molecule has 1 fully saturated rings. The molecule has 22 heavy (non-hydrogen) atoms. The summed E-state index contributed by atoms with van der Waals surface area (Å²) in [4.78, 5) is 12.1. The van der Waals surface area contributed by atoms with Crippen LogP contribution in [0, 0.1) is 5.41 Å². The molecule has 0 aromatic heterocycles. The number of urea groups is 1. The number of anilines is 1. The van der Waals surface area contributed by atoms with Crippen LogP contribution in [0.15, 0.2) is 28.6 Å². The van der Waals surface area contributed by atoms with E-state index in [1.807, 2.05) is 0 Å². The van der Waals surface area contributed by atoms with Crippen LogP contribution in [0.5, 0.6) is 0 Å². The fraction of sp³-hybridized carbons (Fsp3) is 0.533. The van der Waals surface area contributed by atoms with Crippen LogP contribution in [0.4, 0.5) is 16.2 Å². The highest BCUT2D eigenvalue weighted by molar-refractivity contribution is 7.92. The molecule has 1 aromatic carbocycles. The first-order valence-corrected chi connectivity index (χ1v) is 9.49. The van der Waals surface area contributed by atoms with Crippen molar-refractivity contribution in [3.8, 4) is 0 Å². The molecule has 7 heteroatoms. The molecule has 2 rings (SSSR count). The molecular formula is C15H23N3O3S. The minimum atomic E-state index is -2.28. The highest BCUT2D eigenvalue weighted by Crippen LogP contribution is 2.27. The number of amides is 2. The second kappa shape index (κ2) is 6.66. The number of nitrogens with one attached hydrogen (secondary N) is 2. The smallest absolute Gasteiger partial charge is 0.319 e. The number of carbonyl (C=O) groups excluding carboxylic acids is 1. The molecule has 0 radical (unpaired) electrons. The highest BCUT2D eigenvalue weighted by atomic mass is 32.2. The van der Waals surface area contributed by atoms with Gasteiger partial charge in [-0.15, -0.1) is 0 Å². The van der Waals surface area contributed by atoms with Crippen LogP contribution in [-0.2, 0) is 14.5 Å². The van der Waals surface area contributed by atoms with Gasteiger partial charge in [-0.3, -0.25) is 0 Å². The molecule has 1 unspecified atom stereocenters. The molecule has 1 saturated heterocycles. The van der Waals surface area contributed by atoms with Crippen molar-refractivity contribution in [2.45, 2.75) is 13.3 Å². The third kappa shape index (κ3) is 4.99. The lowest BCUT2D eigenvalue weighted by Gasteiger charge is -2.22. The molecule has 0 aliphatic carbocycles. The topological polar surface area (TPSA) is 79.8 Å². The average molecular weight is 325 g/mol. The minimum absolute atomic E-state index is 0.0115. The van der Waals surface area contributed by atoms with Crippen LogP contribution < -0.4 is 10.6 Å². The summed E-state index contributed by atoms with van der Waals surface area (Å²) >= 11 is 0. The van der Waals surface area contributed by atoms with Crippen LogP contribution in [0.2, 0.25) is 0 Å². The molecule has 122 valence electrons. The van der Waals surface area contributed by atoms with Crippen molar-refractivity contribution in [3.05, 3.63) is 24.3 Å². The summed E-state index contributed by atoms with van der Waals surface area (Å²) in [5.74, 6) is 0. The predicted molar refractivity (Wildman–Crippen MR) is 89.1 cm³/mol. The van der Waals surface area contributed by atoms with Gasteiger partial charge in [0.1, 0.15) is 0 Å². The fourth-order valence-electron chi connectivity index (χ4n) is 2.20. The standard InChI is InChI=1S/C15H23N3O3S/c1-15(8-9-21-11-15)10-16-14(19)17-12-6-4-5-7-13(12)18-22(2,3)20/h4-7H,8-11H2,1-3H3,(H2,16,17,19). The second-order valence-corrected chi connectivity index (χ2v) is 8.76. The SMILES string of the molecule is CC1(CNC(=O)Nc2ccccc2N=S(C)(C)=O)CCOC1. The van der Waals surface area contributed by atoms with Gasteiger partial charge in [0, 0.05) is 40.8 Å². The van der Waals surface area contributed by atoms with Gasteiger partial charge < -0.3 is 15.4 Å². The van der Waals surface area contributed by atoms with Crippen molar-refractivity contribution in [2.24, 2.45) is 9.78 Å². The van der Waals surface area contributed by atoms with Gasteiger partial charge in [-0.25, -0.2) is 9.00 Å². The van der Waals surface area contributed by atoms with Gasteiger partial charge in [-0.1, -0.05) is 19.1 Å². The van der Waals surface area contributed by atoms with Gasteiger partial charge >= 0.3 is 6.03 Å². The number of carbonyl (C=O) groups is 1. The number of ether oxygens (including phenoxy) is 1. The van der Waals surface area contributed by atoms with E-state index < -0.39 is 9.73 Å². The summed E-state index contributed by atoms with van der Waals surface area (Å²) in [6, 6.07) is 6.77. The van der Waals surface area contributed by atoms with E-state index in [1.165, 1.54) is 0 Å². The van der Waals surface area contributed by atoms with Crippen molar-refractivity contribution in [2.75, 3.05) is 37.6 Å². The van der Waals surface area contributed by atoms with Crippen LogP contribution >= 0.6 is 0 Å². The van der Waals surface area contributed by atoms with E-state index in [0.717, 1.165) is 13.0 Å². The largest absolute Gasteiger partial charge is 0.381 e. The lowest BCUT2D eigenvalue weighted by Crippen LogP contribution is -2.38. The Labute approximate surface area is 131 Å². The van der Waals surface area contributed by atoms with E-state index in [2.05, 4.69) is 21.9 Å². The van der Waals surface area contributed by atoms with Crippen molar-refractivity contribution in [1.82, 2.24) is 5.32 Å². The van der Waals surface area contributed by atoms with Crippen molar-refractivity contribution in [3.63, 3.8) is 0 Å². The summed E-state index contributed by atoms with van der Waals surface area (Å²) in [6.07, 6.45) is 4.06. The van der Waals surface area contributed by atoms with Gasteiger partial charge in [0.05, 0.1) is 18.0 Å². The Kier molecular flexibility index (Phi) is 5.08. The third-order valence-electron chi connectivity index (χ3n) is 3.45. The third-order valence-corrected chi connectivity index (χ3v) is 4.08. The molecule has 0 saturated carbocycles. The van der Waals surface area contributed by atoms with Crippen molar-refractivity contribution in [1.29, 1.82) is 0 Å². The molecule has 1 aliphatic rings. The number of hydrogen-bond donors (Lipinski definition) is 2. The molecule has 1 aromatic rings. The van der Waals surface area contributed by atoms with Gasteiger partial charge in [-0.05, 0) is 18.6 Å². The van der Waals surface area contributed by atoms with Gasteiger partial charge in [0.25, 0.3) is 0 Å². The Morgan fingerprint density at radius 3 is 2.77 bits per heavy atom. The summed E-state index contributed by atoms with van der Waals surface area (Å²) in [5, 5.41) is 5.62. The van der Waals surface area contributed by atoms with Crippen LogP contribution in [0.25, 0.3) is 0 Å².